The first-order valence-corrected chi connectivity index (χ1v) is 5.02. The number of hydrogen-bond acceptors (Lipinski definition) is 3. The van der Waals surface area contributed by atoms with Crippen molar-refractivity contribution < 1.29 is 13.2 Å². The molecule has 2 N–H and O–H groups in total. The van der Waals surface area contributed by atoms with Gasteiger partial charge in [-0.25, -0.2) is 13.8 Å². The van der Waals surface area contributed by atoms with Crippen molar-refractivity contribution in [3.05, 3.63) is 18.2 Å². The molecule has 0 saturated carbocycles. The lowest BCUT2D eigenvalue weighted by Gasteiger charge is -2.33. The third-order valence-corrected chi connectivity index (χ3v) is 2.71. The van der Waals surface area contributed by atoms with Gasteiger partial charge in [-0.05, 0) is 0 Å². The van der Waals surface area contributed by atoms with Crippen molar-refractivity contribution in [2.75, 3.05) is 23.7 Å². The number of nitrogens with two attached hydrogens (primary N) is 1. The second-order valence-electron chi connectivity index (χ2n) is 3.91. The lowest BCUT2D eigenvalue weighted by Crippen LogP contribution is -2.39. The van der Waals surface area contributed by atoms with Crippen LogP contribution in [0.1, 0.15) is 12.8 Å². The van der Waals surface area contributed by atoms with Gasteiger partial charge in [-0.2, -0.15) is 4.39 Å². The van der Waals surface area contributed by atoms with E-state index >= 15 is 0 Å². The molecule has 88 valence electrons. The van der Waals surface area contributed by atoms with Gasteiger partial charge < -0.3 is 10.6 Å². The molecule has 1 aliphatic heterocycles. The van der Waals surface area contributed by atoms with Gasteiger partial charge in [0.15, 0.2) is 0 Å². The van der Waals surface area contributed by atoms with Gasteiger partial charge in [0.1, 0.15) is 0 Å². The predicted molar refractivity (Wildman–Crippen MR) is 55.0 cm³/mol. The maximum Gasteiger partial charge on any atom is 0.251 e. The molecule has 2 rings (SSSR count). The summed E-state index contributed by atoms with van der Waals surface area (Å²) < 4.78 is 38.8. The minimum absolute atomic E-state index is 0.181. The third-order valence-electron chi connectivity index (χ3n) is 2.71. The molecule has 0 radical (unpaired) electrons. The molecule has 0 aliphatic carbocycles. The van der Waals surface area contributed by atoms with Crippen molar-refractivity contribution in [1.82, 2.24) is 4.98 Å². The Morgan fingerprint density at radius 1 is 1.31 bits per heavy atom. The predicted octanol–water partition coefficient (Wildman–Crippen LogP) is 2.04. The molecule has 1 aromatic heterocycles. The van der Waals surface area contributed by atoms with Gasteiger partial charge in [-0.1, -0.05) is 0 Å². The van der Waals surface area contributed by atoms with Gasteiger partial charge in [-0.15, -0.1) is 0 Å². The first-order valence-electron chi connectivity index (χ1n) is 5.02. The fraction of sp³-hybridized carbons (Fsp3) is 0.500. The number of alkyl halides is 2. The van der Waals surface area contributed by atoms with Crippen LogP contribution in [0, 0.1) is 5.95 Å². The summed E-state index contributed by atoms with van der Waals surface area (Å²) in [7, 11) is 0. The lowest BCUT2D eigenvalue weighted by molar-refractivity contribution is -0.0220. The van der Waals surface area contributed by atoms with Crippen molar-refractivity contribution in [3.8, 4) is 0 Å². The third kappa shape index (κ3) is 2.20. The Morgan fingerprint density at radius 2 is 1.94 bits per heavy atom. The van der Waals surface area contributed by atoms with Crippen LogP contribution < -0.4 is 10.6 Å². The summed E-state index contributed by atoms with van der Waals surface area (Å²) in [5, 5.41) is 0. The summed E-state index contributed by atoms with van der Waals surface area (Å²) in [5.74, 6) is -3.27. The molecule has 2 heterocycles. The van der Waals surface area contributed by atoms with Crippen LogP contribution in [-0.4, -0.2) is 24.0 Å². The molecule has 1 aliphatic rings. The topological polar surface area (TPSA) is 42.1 Å². The lowest BCUT2D eigenvalue weighted by atomic mass is 10.1. The van der Waals surface area contributed by atoms with E-state index in [9.17, 15) is 13.2 Å². The molecule has 0 unspecified atom stereocenters. The first kappa shape index (κ1) is 11.0. The number of nitrogen functional groups attached to an aromatic ring is 1. The van der Waals surface area contributed by atoms with Crippen molar-refractivity contribution in [1.29, 1.82) is 0 Å². The summed E-state index contributed by atoms with van der Waals surface area (Å²) in [6.07, 6.45) is 0.754. The number of anilines is 2. The number of nitrogens with zero attached hydrogens (tertiary/aromatic N) is 2. The molecular formula is C10H12F3N3. The Hall–Kier alpha value is -1.46. The van der Waals surface area contributed by atoms with E-state index in [4.69, 9.17) is 5.73 Å². The minimum atomic E-state index is -2.61. The Bertz CT molecular complexity index is 385. The smallest absolute Gasteiger partial charge is 0.251 e. The second kappa shape index (κ2) is 3.84. The molecule has 1 aromatic rings. The van der Waals surface area contributed by atoms with Crippen LogP contribution in [0.25, 0.3) is 0 Å². The molecule has 0 spiro atoms. The minimum Gasteiger partial charge on any atom is -0.396 e. The van der Waals surface area contributed by atoms with E-state index in [1.54, 1.807) is 4.90 Å². The highest BCUT2D eigenvalue weighted by atomic mass is 19.3. The Kier molecular flexibility index (Phi) is 2.65. The van der Waals surface area contributed by atoms with Crippen LogP contribution >= 0.6 is 0 Å². The zero-order valence-electron chi connectivity index (χ0n) is 8.59. The van der Waals surface area contributed by atoms with E-state index in [0.29, 0.717) is 11.4 Å². The van der Waals surface area contributed by atoms with E-state index in [1.807, 2.05) is 0 Å². The van der Waals surface area contributed by atoms with E-state index in [0.717, 1.165) is 0 Å². The number of halogens is 3. The maximum atomic E-state index is 12.9. The van der Waals surface area contributed by atoms with Gasteiger partial charge in [-0.3, -0.25) is 0 Å². The molecular weight excluding hydrogens is 219 g/mol. The van der Waals surface area contributed by atoms with Crippen LogP contribution in [0.2, 0.25) is 0 Å². The summed E-state index contributed by atoms with van der Waals surface area (Å²) in [6, 6.07) is 1.18. The van der Waals surface area contributed by atoms with E-state index in [1.165, 1.54) is 12.3 Å². The van der Waals surface area contributed by atoms with Crippen LogP contribution in [0.5, 0.6) is 0 Å². The molecule has 0 amide bonds. The highest BCUT2D eigenvalue weighted by Crippen LogP contribution is 2.32. The first-order chi connectivity index (χ1) is 7.48. The van der Waals surface area contributed by atoms with Crippen molar-refractivity contribution >= 4 is 11.4 Å². The maximum absolute atomic E-state index is 12.9. The highest BCUT2D eigenvalue weighted by molar-refractivity contribution is 5.66. The van der Waals surface area contributed by atoms with E-state index < -0.39 is 11.9 Å². The molecule has 0 bridgehead atoms. The number of rotatable bonds is 1. The van der Waals surface area contributed by atoms with Gasteiger partial charge in [0.2, 0.25) is 5.95 Å². The van der Waals surface area contributed by atoms with Crippen LogP contribution in [-0.2, 0) is 0 Å². The van der Waals surface area contributed by atoms with Gasteiger partial charge in [0, 0.05) is 32.0 Å². The fourth-order valence-corrected chi connectivity index (χ4v) is 1.78. The number of aromatic nitrogens is 1. The largest absolute Gasteiger partial charge is 0.396 e. The number of pyridine rings is 1. The van der Waals surface area contributed by atoms with E-state index in [2.05, 4.69) is 4.98 Å². The average molecular weight is 231 g/mol. The Labute approximate surface area is 91.1 Å². The van der Waals surface area contributed by atoms with Crippen molar-refractivity contribution in [2.24, 2.45) is 0 Å². The van der Waals surface area contributed by atoms with Gasteiger partial charge in [0.25, 0.3) is 5.92 Å². The summed E-state index contributed by atoms with van der Waals surface area (Å²) in [4.78, 5) is 5.06. The standard InChI is InChI=1S/C10H12F3N3/c11-9-5-8(7(14)6-15-9)16-3-1-10(12,13)2-4-16/h5-6H,1-4,14H2. The molecule has 6 heteroatoms. The number of piperidine rings is 1. The van der Waals surface area contributed by atoms with Gasteiger partial charge in [0.05, 0.1) is 17.6 Å². The SMILES string of the molecule is Nc1cnc(F)cc1N1CCC(F)(F)CC1. The van der Waals surface area contributed by atoms with Crippen molar-refractivity contribution in [3.63, 3.8) is 0 Å². The summed E-state index contributed by atoms with van der Waals surface area (Å²) in [6.45, 7) is 0.362. The second-order valence-corrected chi connectivity index (χ2v) is 3.91. The molecule has 3 nitrogen and oxygen atoms in total. The van der Waals surface area contributed by atoms with E-state index in [-0.39, 0.29) is 25.9 Å². The quantitative estimate of drug-likeness (QED) is 0.752. The van der Waals surface area contributed by atoms with Crippen LogP contribution in [0.3, 0.4) is 0 Å². The number of hydrogen-bond donors (Lipinski definition) is 1. The van der Waals surface area contributed by atoms with Crippen LogP contribution in [0.4, 0.5) is 24.5 Å². The molecule has 1 fully saturated rings. The molecule has 1 saturated heterocycles. The zero-order valence-corrected chi connectivity index (χ0v) is 8.59. The Balaban J connectivity index is 2.17. The highest BCUT2D eigenvalue weighted by Gasteiger charge is 2.34. The molecule has 0 atom stereocenters. The van der Waals surface area contributed by atoms with Crippen LogP contribution in [0.15, 0.2) is 12.3 Å². The summed E-state index contributed by atoms with van der Waals surface area (Å²) >= 11 is 0. The van der Waals surface area contributed by atoms with Gasteiger partial charge >= 0.3 is 0 Å². The molecule has 0 aromatic carbocycles. The fourth-order valence-electron chi connectivity index (χ4n) is 1.78. The Morgan fingerprint density at radius 3 is 2.56 bits per heavy atom. The average Bonchev–Trinajstić information content (AvgIpc) is 2.22. The summed E-state index contributed by atoms with van der Waals surface area (Å²) in [5.41, 5.74) is 6.39. The zero-order chi connectivity index (χ0) is 11.8. The normalized spacial score (nSPS) is 19.8. The monoisotopic (exact) mass is 231 g/mol. The van der Waals surface area contributed by atoms with Crippen molar-refractivity contribution in [2.45, 2.75) is 18.8 Å². The molecule has 16 heavy (non-hydrogen) atoms.